The molecule has 0 saturated carbocycles. The number of phenolic OH excluding ortho intramolecular Hbond substituents is 1. The highest BCUT2D eigenvalue weighted by Gasteiger charge is 2.07. The van der Waals surface area contributed by atoms with Gasteiger partial charge in [-0.2, -0.15) is 0 Å². The fourth-order valence-corrected chi connectivity index (χ4v) is 2.13. The van der Waals surface area contributed by atoms with Gasteiger partial charge in [0.2, 0.25) is 0 Å². The maximum Gasteiger partial charge on any atom is 0.164 e. The van der Waals surface area contributed by atoms with Crippen LogP contribution in [0.5, 0.6) is 17.2 Å². The predicted molar refractivity (Wildman–Crippen MR) is 93.2 cm³/mol. The van der Waals surface area contributed by atoms with E-state index in [4.69, 9.17) is 33.2 Å². The topological polar surface area (TPSA) is 84.8 Å². The van der Waals surface area contributed by atoms with Crippen LogP contribution in [0.1, 0.15) is 0 Å². The Balaban J connectivity index is 1.78. The fraction of sp³-hybridized carbons (Fsp3) is 0.667. The van der Waals surface area contributed by atoms with Gasteiger partial charge in [0.15, 0.2) is 11.5 Å². The quantitative estimate of drug-likeness (QED) is 0.728. The number of hydrogen-bond donors (Lipinski definition) is 1. The molecular weight excluding hydrogens is 344 g/mol. The van der Waals surface area contributed by atoms with Crippen molar-refractivity contribution in [1.29, 1.82) is 0 Å². The third-order valence-corrected chi connectivity index (χ3v) is 3.39. The SMILES string of the molecule is Oc1ccc2c(c1)OCCOCCOCCOCCOCCOCCO2. The summed E-state index contributed by atoms with van der Waals surface area (Å²) in [5, 5.41) is 9.63. The molecule has 1 aliphatic rings. The van der Waals surface area contributed by atoms with E-state index >= 15 is 0 Å². The summed E-state index contributed by atoms with van der Waals surface area (Å²) in [6, 6.07) is 4.73. The van der Waals surface area contributed by atoms with Gasteiger partial charge in [-0.25, -0.2) is 0 Å². The highest BCUT2D eigenvalue weighted by molar-refractivity contribution is 5.45. The van der Waals surface area contributed by atoms with Gasteiger partial charge in [0.25, 0.3) is 0 Å². The number of ether oxygens (including phenoxy) is 7. The normalized spacial score (nSPS) is 20.0. The molecule has 0 fully saturated rings. The molecule has 0 aliphatic carbocycles. The maximum atomic E-state index is 9.63. The second-order valence-corrected chi connectivity index (χ2v) is 5.39. The van der Waals surface area contributed by atoms with Gasteiger partial charge in [-0.15, -0.1) is 0 Å². The number of fused-ring (bicyclic) bond motifs is 1. The molecule has 0 bridgehead atoms. The van der Waals surface area contributed by atoms with Gasteiger partial charge in [0.1, 0.15) is 19.0 Å². The van der Waals surface area contributed by atoms with Crippen molar-refractivity contribution >= 4 is 0 Å². The van der Waals surface area contributed by atoms with Crippen molar-refractivity contribution in [2.75, 3.05) is 79.3 Å². The first-order chi connectivity index (χ1) is 12.9. The largest absolute Gasteiger partial charge is 0.508 e. The molecule has 1 aromatic carbocycles. The molecule has 8 nitrogen and oxygen atoms in total. The highest BCUT2D eigenvalue weighted by Crippen LogP contribution is 2.30. The Morgan fingerprint density at radius 2 is 0.885 bits per heavy atom. The number of hydrogen-bond acceptors (Lipinski definition) is 8. The molecule has 0 aromatic heterocycles. The maximum absolute atomic E-state index is 9.63. The Morgan fingerprint density at radius 3 is 1.35 bits per heavy atom. The van der Waals surface area contributed by atoms with Crippen LogP contribution in [-0.4, -0.2) is 84.4 Å². The minimum Gasteiger partial charge on any atom is -0.508 e. The standard InChI is InChI=1S/C18H28O8/c19-16-1-2-17-18(15-16)26-14-12-24-10-8-22-6-4-20-3-5-21-7-9-23-11-13-25-17/h1-2,15,19H,3-14H2. The zero-order chi connectivity index (χ0) is 18.3. The van der Waals surface area contributed by atoms with Crippen molar-refractivity contribution in [3.8, 4) is 17.2 Å². The number of phenols is 1. The highest BCUT2D eigenvalue weighted by atomic mass is 16.6. The van der Waals surface area contributed by atoms with Crippen molar-refractivity contribution in [3.05, 3.63) is 18.2 Å². The first-order valence-electron chi connectivity index (χ1n) is 8.83. The first kappa shape index (κ1) is 20.7. The van der Waals surface area contributed by atoms with E-state index in [2.05, 4.69) is 0 Å². The number of aromatic hydroxyl groups is 1. The molecule has 148 valence electrons. The third kappa shape index (κ3) is 9.21. The summed E-state index contributed by atoms with van der Waals surface area (Å²) in [7, 11) is 0. The molecule has 0 amide bonds. The van der Waals surface area contributed by atoms with E-state index in [1.54, 1.807) is 12.1 Å². The van der Waals surface area contributed by atoms with E-state index in [0.717, 1.165) is 0 Å². The molecular formula is C18H28O8. The summed E-state index contributed by atoms with van der Waals surface area (Å²) in [5.41, 5.74) is 0. The molecule has 2 rings (SSSR count). The van der Waals surface area contributed by atoms with Crippen LogP contribution in [0.15, 0.2) is 18.2 Å². The molecule has 1 aliphatic heterocycles. The zero-order valence-corrected chi connectivity index (χ0v) is 15.0. The number of benzene rings is 1. The Bertz CT molecular complexity index is 482. The van der Waals surface area contributed by atoms with E-state index in [-0.39, 0.29) is 5.75 Å². The van der Waals surface area contributed by atoms with Crippen LogP contribution in [0.25, 0.3) is 0 Å². The van der Waals surface area contributed by atoms with Gasteiger partial charge in [0.05, 0.1) is 66.1 Å². The Labute approximate surface area is 153 Å². The van der Waals surface area contributed by atoms with Gasteiger partial charge < -0.3 is 38.3 Å². The molecule has 0 spiro atoms. The van der Waals surface area contributed by atoms with Gasteiger partial charge in [-0.05, 0) is 12.1 Å². The minimum atomic E-state index is 0.114. The van der Waals surface area contributed by atoms with Crippen LogP contribution in [0.4, 0.5) is 0 Å². The van der Waals surface area contributed by atoms with Gasteiger partial charge >= 0.3 is 0 Å². The van der Waals surface area contributed by atoms with Gasteiger partial charge in [-0.1, -0.05) is 0 Å². The molecule has 1 heterocycles. The van der Waals surface area contributed by atoms with Gasteiger partial charge in [0, 0.05) is 6.07 Å². The summed E-state index contributed by atoms with van der Waals surface area (Å²) < 4.78 is 38.4. The summed E-state index contributed by atoms with van der Waals surface area (Å²) >= 11 is 0. The zero-order valence-electron chi connectivity index (χ0n) is 15.0. The molecule has 1 N–H and O–H groups in total. The van der Waals surface area contributed by atoms with E-state index < -0.39 is 0 Å². The summed E-state index contributed by atoms with van der Waals surface area (Å²) in [4.78, 5) is 0. The minimum absolute atomic E-state index is 0.114. The Kier molecular flexibility index (Phi) is 10.8. The second-order valence-electron chi connectivity index (χ2n) is 5.39. The fourth-order valence-electron chi connectivity index (χ4n) is 2.13. The predicted octanol–water partition coefficient (Wildman–Crippen LogP) is 1.25. The van der Waals surface area contributed by atoms with Crippen molar-refractivity contribution in [2.24, 2.45) is 0 Å². The van der Waals surface area contributed by atoms with Crippen molar-refractivity contribution in [1.82, 2.24) is 0 Å². The first-order valence-corrected chi connectivity index (χ1v) is 8.83. The Morgan fingerprint density at radius 1 is 0.500 bits per heavy atom. The van der Waals surface area contributed by atoms with E-state index in [0.29, 0.717) is 90.8 Å². The van der Waals surface area contributed by atoms with Crippen molar-refractivity contribution in [2.45, 2.75) is 0 Å². The molecule has 0 unspecified atom stereocenters. The summed E-state index contributed by atoms with van der Waals surface area (Å²) in [6.45, 7) is 5.64. The van der Waals surface area contributed by atoms with Crippen molar-refractivity contribution in [3.63, 3.8) is 0 Å². The van der Waals surface area contributed by atoms with E-state index in [9.17, 15) is 5.11 Å². The molecule has 0 atom stereocenters. The molecule has 1 aromatic rings. The van der Waals surface area contributed by atoms with E-state index in [1.165, 1.54) is 6.07 Å². The summed E-state index contributed by atoms with van der Waals surface area (Å²) in [6.07, 6.45) is 0. The van der Waals surface area contributed by atoms with Crippen LogP contribution in [0.2, 0.25) is 0 Å². The lowest BCUT2D eigenvalue weighted by Crippen LogP contribution is -2.14. The van der Waals surface area contributed by atoms with Gasteiger partial charge in [-0.3, -0.25) is 0 Å². The molecule has 0 saturated heterocycles. The average molecular weight is 372 g/mol. The number of rotatable bonds is 0. The lowest BCUT2D eigenvalue weighted by Gasteiger charge is -2.13. The lowest BCUT2D eigenvalue weighted by atomic mass is 10.3. The average Bonchev–Trinajstić information content (AvgIpc) is 2.64. The molecule has 8 heteroatoms. The van der Waals surface area contributed by atoms with E-state index in [1.807, 2.05) is 0 Å². The third-order valence-electron chi connectivity index (χ3n) is 3.39. The van der Waals surface area contributed by atoms with Crippen LogP contribution < -0.4 is 9.47 Å². The second kappa shape index (κ2) is 13.6. The Hall–Kier alpha value is -1.58. The van der Waals surface area contributed by atoms with Crippen LogP contribution in [0, 0.1) is 0 Å². The van der Waals surface area contributed by atoms with Crippen LogP contribution >= 0.6 is 0 Å². The molecule has 26 heavy (non-hydrogen) atoms. The van der Waals surface area contributed by atoms with Crippen LogP contribution in [-0.2, 0) is 23.7 Å². The monoisotopic (exact) mass is 372 g/mol. The smallest absolute Gasteiger partial charge is 0.164 e. The lowest BCUT2D eigenvalue weighted by molar-refractivity contribution is -0.0134. The van der Waals surface area contributed by atoms with Crippen molar-refractivity contribution < 1.29 is 38.3 Å². The van der Waals surface area contributed by atoms with Crippen LogP contribution in [0.3, 0.4) is 0 Å². The summed E-state index contributed by atoms with van der Waals surface area (Å²) in [5.74, 6) is 1.13. The molecule has 0 radical (unpaired) electrons.